The summed E-state index contributed by atoms with van der Waals surface area (Å²) in [7, 11) is 3.96. The van der Waals surface area contributed by atoms with Gasteiger partial charge in [-0.25, -0.2) is 9.97 Å². The topological polar surface area (TPSA) is 72.2 Å². The van der Waals surface area contributed by atoms with E-state index < -0.39 is 4.92 Å². The Morgan fingerprint density at radius 1 is 1.07 bits per heavy atom. The molecule has 0 N–H and O–H groups in total. The molecule has 6 nitrogen and oxygen atoms in total. The van der Waals surface area contributed by atoms with Crippen LogP contribution in [0.4, 0.5) is 11.5 Å². The minimum atomic E-state index is -0.402. The molecule has 0 spiro atoms. The Balaban J connectivity index is 1.92. The number of fused-ring (bicyclic) bond motifs is 3. The smallest absolute Gasteiger partial charge is 0.269 e. The van der Waals surface area contributed by atoms with Crippen LogP contribution in [0.1, 0.15) is 5.56 Å². The van der Waals surface area contributed by atoms with Crippen LogP contribution in [-0.2, 0) is 6.42 Å². The van der Waals surface area contributed by atoms with Crippen LogP contribution in [0.25, 0.3) is 22.6 Å². The van der Waals surface area contributed by atoms with Crippen molar-refractivity contribution in [1.82, 2.24) is 9.97 Å². The highest BCUT2D eigenvalue weighted by atomic mass is 32.2. The normalized spacial score (nSPS) is 12.7. The first-order valence-corrected chi connectivity index (χ1v) is 9.58. The van der Waals surface area contributed by atoms with E-state index >= 15 is 0 Å². The SMILES string of the molecule is CN(C)c1nc(-c2ccc([N+](=O)[O-])cc2)nc2c1CCSc1ccccc1-2. The second-order valence-electron chi connectivity index (χ2n) is 6.49. The summed E-state index contributed by atoms with van der Waals surface area (Å²) in [6, 6.07) is 14.7. The van der Waals surface area contributed by atoms with Crippen LogP contribution in [0.2, 0.25) is 0 Å². The van der Waals surface area contributed by atoms with Crippen LogP contribution in [0.3, 0.4) is 0 Å². The second-order valence-corrected chi connectivity index (χ2v) is 7.63. The number of hydrogen-bond acceptors (Lipinski definition) is 6. The Hall–Kier alpha value is -2.93. The van der Waals surface area contributed by atoms with Gasteiger partial charge in [0, 0.05) is 53.6 Å². The lowest BCUT2D eigenvalue weighted by Crippen LogP contribution is -2.16. The fourth-order valence-corrected chi connectivity index (χ4v) is 4.23. The number of thioether (sulfide) groups is 1. The molecule has 2 heterocycles. The number of hydrogen-bond donors (Lipinski definition) is 0. The van der Waals surface area contributed by atoms with Gasteiger partial charge in [-0.3, -0.25) is 10.1 Å². The highest BCUT2D eigenvalue weighted by Crippen LogP contribution is 2.40. The van der Waals surface area contributed by atoms with Gasteiger partial charge < -0.3 is 4.90 Å². The van der Waals surface area contributed by atoms with Crippen LogP contribution in [0.5, 0.6) is 0 Å². The lowest BCUT2D eigenvalue weighted by Gasteiger charge is -2.19. The van der Waals surface area contributed by atoms with Crippen LogP contribution in [-0.4, -0.2) is 34.7 Å². The Bertz CT molecular complexity index is 1020. The van der Waals surface area contributed by atoms with Gasteiger partial charge in [-0.2, -0.15) is 0 Å². The molecule has 0 amide bonds. The van der Waals surface area contributed by atoms with E-state index in [1.807, 2.05) is 42.9 Å². The van der Waals surface area contributed by atoms with E-state index in [1.54, 1.807) is 12.1 Å². The fourth-order valence-electron chi connectivity index (χ4n) is 3.21. The molecule has 0 atom stereocenters. The predicted octanol–water partition coefficient (Wildman–Crippen LogP) is 4.43. The van der Waals surface area contributed by atoms with Crippen molar-refractivity contribution in [3.8, 4) is 22.6 Å². The largest absolute Gasteiger partial charge is 0.362 e. The minimum Gasteiger partial charge on any atom is -0.362 e. The number of anilines is 1. The third kappa shape index (κ3) is 3.26. The van der Waals surface area contributed by atoms with E-state index in [0.717, 1.165) is 40.4 Å². The average molecular weight is 378 g/mol. The molecule has 3 aromatic rings. The van der Waals surface area contributed by atoms with Crippen molar-refractivity contribution in [1.29, 1.82) is 0 Å². The van der Waals surface area contributed by atoms with Crippen LogP contribution in [0.15, 0.2) is 53.4 Å². The average Bonchev–Trinajstić information content (AvgIpc) is 2.86. The van der Waals surface area contributed by atoms with Crippen LogP contribution in [0, 0.1) is 10.1 Å². The van der Waals surface area contributed by atoms with Gasteiger partial charge in [0.1, 0.15) is 5.82 Å². The van der Waals surface area contributed by atoms with Crippen LogP contribution < -0.4 is 4.90 Å². The molecule has 0 radical (unpaired) electrons. The molecule has 7 heteroatoms. The molecule has 1 aliphatic rings. The van der Waals surface area contributed by atoms with E-state index in [0.29, 0.717) is 5.82 Å². The van der Waals surface area contributed by atoms with E-state index in [4.69, 9.17) is 9.97 Å². The van der Waals surface area contributed by atoms with Crippen molar-refractivity contribution < 1.29 is 4.92 Å². The summed E-state index contributed by atoms with van der Waals surface area (Å²) in [6.07, 6.45) is 0.892. The molecular weight excluding hydrogens is 360 g/mol. The molecule has 2 aromatic carbocycles. The van der Waals surface area contributed by atoms with E-state index in [-0.39, 0.29) is 5.69 Å². The number of aromatic nitrogens is 2. The third-order valence-corrected chi connectivity index (χ3v) is 5.57. The zero-order chi connectivity index (χ0) is 19.0. The monoisotopic (exact) mass is 378 g/mol. The summed E-state index contributed by atoms with van der Waals surface area (Å²) in [5, 5.41) is 10.9. The van der Waals surface area contributed by atoms with Crippen molar-refractivity contribution in [2.45, 2.75) is 11.3 Å². The van der Waals surface area contributed by atoms with E-state index in [2.05, 4.69) is 12.1 Å². The lowest BCUT2D eigenvalue weighted by molar-refractivity contribution is -0.384. The summed E-state index contributed by atoms with van der Waals surface area (Å²) in [5.74, 6) is 2.45. The number of benzene rings is 2. The first-order chi connectivity index (χ1) is 13.0. The Kier molecular flexibility index (Phi) is 4.53. The Morgan fingerprint density at radius 2 is 1.81 bits per heavy atom. The Labute approximate surface area is 161 Å². The number of nitrogens with zero attached hydrogens (tertiary/aromatic N) is 4. The predicted molar refractivity (Wildman–Crippen MR) is 108 cm³/mol. The van der Waals surface area contributed by atoms with Crippen molar-refractivity contribution in [2.24, 2.45) is 0 Å². The highest BCUT2D eigenvalue weighted by Gasteiger charge is 2.22. The first kappa shape index (κ1) is 17.5. The third-order valence-electron chi connectivity index (χ3n) is 4.50. The van der Waals surface area contributed by atoms with Crippen molar-refractivity contribution in [3.63, 3.8) is 0 Å². The zero-order valence-electron chi connectivity index (χ0n) is 15.0. The molecule has 1 aliphatic heterocycles. The van der Waals surface area contributed by atoms with Gasteiger partial charge in [-0.15, -0.1) is 11.8 Å². The van der Waals surface area contributed by atoms with E-state index in [9.17, 15) is 10.1 Å². The summed E-state index contributed by atoms with van der Waals surface area (Å²) in [6.45, 7) is 0. The Morgan fingerprint density at radius 3 is 2.52 bits per heavy atom. The first-order valence-electron chi connectivity index (χ1n) is 8.60. The van der Waals surface area contributed by atoms with Gasteiger partial charge in [0.05, 0.1) is 10.6 Å². The van der Waals surface area contributed by atoms with Gasteiger partial charge in [-0.1, -0.05) is 18.2 Å². The number of nitro groups is 1. The highest BCUT2D eigenvalue weighted by molar-refractivity contribution is 7.99. The maximum absolute atomic E-state index is 10.9. The fraction of sp³-hybridized carbons (Fsp3) is 0.200. The molecule has 1 aromatic heterocycles. The maximum atomic E-state index is 10.9. The molecular formula is C20H18N4O2S. The van der Waals surface area contributed by atoms with Gasteiger partial charge in [0.15, 0.2) is 5.82 Å². The van der Waals surface area contributed by atoms with Gasteiger partial charge >= 0.3 is 0 Å². The molecule has 0 unspecified atom stereocenters. The molecule has 4 rings (SSSR count). The number of non-ortho nitro benzene ring substituents is 1. The van der Waals surface area contributed by atoms with Gasteiger partial charge in [0.25, 0.3) is 5.69 Å². The summed E-state index contributed by atoms with van der Waals surface area (Å²) >= 11 is 1.83. The van der Waals surface area contributed by atoms with Gasteiger partial charge in [-0.05, 0) is 24.6 Å². The van der Waals surface area contributed by atoms with Crippen molar-refractivity contribution in [2.75, 3.05) is 24.7 Å². The summed E-state index contributed by atoms with van der Waals surface area (Å²) < 4.78 is 0. The van der Waals surface area contributed by atoms with Crippen molar-refractivity contribution in [3.05, 3.63) is 64.2 Å². The molecule has 0 fully saturated rings. The second kappa shape index (κ2) is 7.00. The van der Waals surface area contributed by atoms with Crippen LogP contribution >= 0.6 is 11.8 Å². The van der Waals surface area contributed by atoms with Crippen molar-refractivity contribution >= 4 is 23.3 Å². The quantitative estimate of drug-likeness (QED) is 0.496. The minimum absolute atomic E-state index is 0.0584. The molecule has 0 bridgehead atoms. The molecule has 0 saturated heterocycles. The standard InChI is InChI=1S/C20H18N4O2S/c1-23(2)20-16-11-12-27-17-6-4-3-5-15(17)18(16)21-19(22-20)13-7-9-14(10-8-13)24(25)26/h3-10H,11-12H2,1-2H3. The summed E-state index contributed by atoms with van der Waals surface area (Å²) in [4.78, 5) is 23.4. The number of nitro benzene ring substituents is 1. The van der Waals surface area contributed by atoms with Gasteiger partial charge in [0.2, 0.25) is 0 Å². The maximum Gasteiger partial charge on any atom is 0.269 e. The zero-order valence-corrected chi connectivity index (χ0v) is 15.9. The summed E-state index contributed by atoms with van der Waals surface area (Å²) in [5.41, 5.74) is 4.03. The molecule has 136 valence electrons. The molecule has 27 heavy (non-hydrogen) atoms. The molecule has 0 aliphatic carbocycles. The lowest BCUT2D eigenvalue weighted by atomic mass is 10.0. The van der Waals surface area contributed by atoms with E-state index in [1.165, 1.54) is 17.0 Å². The number of rotatable bonds is 3. The molecule has 0 saturated carbocycles.